The molecule has 0 saturated carbocycles. The maximum absolute atomic E-state index is 11.0. The van der Waals surface area contributed by atoms with E-state index in [0.717, 1.165) is 5.56 Å². The van der Waals surface area contributed by atoms with Gasteiger partial charge in [0.15, 0.2) is 0 Å². The predicted molar refractivity (Wildman–Crippen MR) is 70.6 cm³/mol. The van der Waals surface area contributed by atoms with Crippen LogP contribution in [0.15, 0.2) is 18.2 Å². The molecule has 0 bridgehead atoms. The molecule has 0 saturated heterocycles. The minimum Gasteiger partial charge on any atom is -0.431 e. The fraction of sp³-hybridized carbons (Fsp3) is 0.231. The van der Waals surface area contributed by atoms with Crippen molar-refractivity contribution >= 4 is 5.69 Å². The summed E-state index contributed by atoms with van der Waals surface area (Å²) in [7, 11) is 1.61. The molecule has 0 N–H and O–H groups in total. The van der Waals surface area contributed by atoms with Crippen molar-refractivity contribution < 1.29 is 9.66 Å². The Morgan fingerprint density at radius 2 is 2.15 bits per heavy atom. The molecular weight excluding hydrogens is 260 g/mol. The first kappa shape index (κ1) is 13.5. The molecule has 2 aromatic rings. The number of rotatable bonds is 3. The average Bonchev–Trinajstić information content (AvgIpc) is 2.65. The quantitative estimate of drug-likeness (QED) is 0.632. The molecule has 0 radical (unpaired) electrons. The summed E-state index contributed by atoms with van der Waals surface area (Å²) in [6, 6.07) is 6.62. The highest BCUT2D eigenvalue weighted by atomic mass is 16.6. The van der Waals surface area contributed by atoms with Gasteiger partial charge in [0.05, 0.1) is 10.6 Å². The van der Waals surface area contributed by atoms with Gasteiger partial charge < -0.3 is 4.74 Å². The smallest absolute Gasteiger partial charge is 0.311 e. The lowest BCUT2D eigenvalue weighted by Crippen LogP contribution is -1.99. The largest absolute Gasteiger partial charge is 0.431 e. The van der Waals surface area contributed by atoms with Crippen molar-refractivity contribution in [3.8, 4) is 17.7 Å². The molecule has 0 atom stereocenters. The molecule has 102 valence electrons. The van der Waals surface area contributed by atoms with Crippen molar-refractivity contribution in [1.29, 1.82) is 5.26 Å². The van der Waals surface area contributed by atoms with Gasteiger partial charge in [0.1, 0.15) is 11.6 Å². The zero-order valence-corrected chi connectivity index (χ0v) is 11.2. The third-order valence-electron chi connectivity index (χ3n) is 2.80. The van der Waals surface area contributed by atoms with Crippen molar-refractivity contribution in [3.63, 3.8) is 0 Å². The van der Waals surface area contributed by atoms with Gasteiger partial charge in [-0.15, -0.1) is 0 Å². The summed E-state index contributed by atoms with van der Waals surface area (Å²) >= 11 is 0. The van der Waals surface area contributed by atoms with E-state index in [4.69, 9.17) is 10.00 Å². The number of ether oxygens (including phenoxy) is 1. The third kappa shape index (κ3) is 2.31. The summed E-state index contributed by atoms with van der Waals surface area (Å²) in [5, 5.41) is 24.2. The van der Waals surface area contributed by atoms with Crippen LogP contribution in [0.1, 0.15) is 16.8 Å². The van der Waals surface area contributed by atoms with Crippen molar-refractivity contribution in [1.82, 2.24) is 9.78 Å². The van der Waals surface area contributed by atoms with E-state index in [-0.39, 0.29) is 22.9 Å². The molecular formula is C13H12N4O3. The van der Waals surface area contributed by atoms with E-state index in [9.17, 15) is 10.1 Å². The van der Waals surface area contributed by atoms with E-state index in [0.29, 0.717) is 5.69 Å². The molecule has 0 fully saturated rings. The number of aryl methyl sites for hydroxylation is 3. The lowest BCUT2D eigenvalue weighted by Gasteiger charge is -2.07. The number of nitro groups is 1. The van der Waals surface area contributed by atoms with E-state index in [1.165, 1.54) is 16.8 Å². The van der Waals surface area contributed by atoms with Crippen LogP contribution in [0.4, 0.5) is 5.69 Å². The van der Waals surface area contributed by atoms with Gasteiger partial charge in [-0.2, -0.15) is 10.4 Å². The molecule has 2 rings (SSSR count). The van der Waals surface area contributed by atoms with E-state index >= 15 is 0 Å². The van der Waals surface area contributed by atoms with E-state index in [2.05, 4.69) is 5.10 Å². The fourth-order valence-corrected chi connectivity index (χ4v) is 1.84. The number of hydrogen-bond donors (Lipinski definition) is 0. The zero-order chi connectivity index (χ0) is 14.9. The molecule has 1 heterocycles. The minimum absolute atomic E-state index is 0.0834. The molecule has 1 aromatic heterocycles. The molecule has 0 spiro atoms. The van der Waals surface area contributed by atoms with Gasteiger partial charge >= 0.3 is 5.69 Å². The van der Waals surface area contributed by atoms with Gasteiger partial charge in [0, 0.05) is 13.1 Å². The van der Waals surface area contributed by atoms with Gasteiger partial charge in [-0.25, -0.2) is 4.68 Å². The van der Waals surface area contributed by atoms with Gasteiger partial charge in [-0.1, -0.05) is 6.07 Å². The fourth-order valence-electron chi connectivity index (χ4n) is 1.84. The van der Waals surface area contributed by atoms with E-state index < -0.39 is 4.92 Å². The maximum Gasteiger partial charge on any atom is 0.311 e. The number of aromatic nitrogens is 2. The summed E-state index contributed by atoms with van der Waals surface area (Å²) in [6.45, 7) is 3.43. The van der Waals surface area contributed by atoms with Crippen LogP contribution in [0.25, 0.3) is 0 Å². The lowest BCUT2D eigenvalue weighted by atomic mass is 10.2. The first-order valence-corrected chi connectivity index (χ1v) is 5.80. The molecule has 7 heteroatoms. The number of nitrogens with zero attached hydrogens (tertiary/aromatic N) is 4. The Morgan fingerprint density at radius 1 is 1.45 bits per heavy atom. The Bertz CT molecular complexity index is 728. The van der Waals surface area contributed by atoms with Crippen LogP contribution in [0, 0.1) is 35.3 Å². The minimum atomic E-state index is -0.516. The Labute approximate surface area is 115 Å². The molecule has 0 unspecified atom stereocenters. The van der Waals surface area contributed by atoms with Crippen LogP contribution < -0.4 is 4.74 Å². The number of nitro benzene ring substituents is 1. The summed E-state index contributed by atoms with van der Waals surface area (Å²) in [5.74, 6) is 0.275. The molecule has 0 aliphatic rings. The molecule has 0 aliphatic heterocycles. The molecule has 0 amide bonds. The first-order chi connectivity index (χ1) is 9.43. The van der Waals surface area contributed by atoms with Gasteiger partial charge in [0.25, 0.3) is 0 Å². The van der Waals surface area contributed by atoms with Crippen LogP contribution in [-0.4, -0.2) is 14.7 Å². The molecule has 0 aliphatic carbocycles. The second-order valence-electron chi connectivity index (χ2n) is 4.33. The van der Waals surface area contributed by atoms with Crippen LogP contribution >= 0.6 is 0 Å². The van der Waals surface area contributed by atoms with E-state index in [1.54, 1.807) is 27.0 Å². The second-order valence-corrected chi connectivity index (χ2v) is 4.33. The zero-order valence-electron chi connectivity index (χ0n) is 11.2. The Hall–Kier alpha value is -2.88. The monoisotopic (exact) mass is 272 g/mol. The van der Waals surface area contributed by atoms with Gasteiger partial charge in [-0.3, -0.25) is 10.1 Å². The second kappa shape index (κ2) is 5.01. The summed E-state index contributed by atoms with van der Waals surface area (Å²) < 4.78 is 6.92. The molecule has 7 nitrogen and oxygen atoms in total. The highest BCUT2D eigenvalue weighted by Crippen LogP contribution is 2.33. The SMILES string of the molecule is Cc1ccc(Oc2c(C#N)c(C)nn2C)c([N+](=O)[O-])c1. The van der Waals surface area contributed by atoms with Gasteiger partial charge in [-0.05, 0) is 25.5 Å². The number of nitriles is 1. The normalized spacial score (nSPS) is 10.1. The topological polar surface area (TPSA) is 94.0 Å². The molecule has 20 heavy (non-hydrogen) atoms. The lowest BCUT2D eigenvalue weighted by molar-refractivity contribution is -0.385. The summed E-state index contributed by atoms with van der Waals surface area (Å²) in [6.07, 6.45) is 0. The summed E-state index contributed by atoms with van der Waals surface area (Å²) in [5.41, 5.74) is 1.39. The highest BCUT2D eigenvalue weighted by Gasteiger charge is 2.21. The Balaban J connectivity index is 2.51. The number of benzene rings is 1. The van der Waals surface area contributed by atoms with E-state index in [1.807, 2.05) is 6.07 Å². The van der Waals surface area contributed by atoms with Crippen molar-refractivity contribution in [3.05, 3.63) is 45.1 Å². The molecule has 1 aromatic carbocycles. The maximum atomic E-state index is 11.0. The van der Waals surface area contributed by atoms with Gasteiger partial charge in [0.2, 0.25) is 11.6 Å². The van der Waals surface area contributed by atoms with Crippen molar-refractivity contribution in [2.45, 2.75) is 13.8 Å². The van der Waals surface area contributed by atoms with Crippen LogP contribution in [0.3, 0.4) is 0 Å². The van der Waals surface area contributed by atoms with Crippen LogP contribution in [0.5, 0.6) is 11.6 Å². The highest BCUT2D eigenvalue weighted by molar-refractivity contribution is 5.52. The predicted octanol–water partition coefficient (Wildman–Crippen LogP) is 2.61. The van der Waals surface area contributed by atoms with Crippen molar-refractivity contribution in [2.75, 3.05) is 0 Å². The van der Waals surface area contributed by atoms with Crippen LogP contribution in [-0.2, 0) is 7.05 Å². The summed E-state index contributed by atoms with van der Waals surface area (Å²) in [4.78, 5) is 10.5. The Kier molecular flexibility index (Phi) is 3.39. The third-order valence-corrected chi connectivity index (χ3v) is 2.80. The van der Waals surface area contributed by atoms with Crippen LogP contribution in [0.2, 0.25) is 0 Å². The van der Waals surface area contributed by atoms with Crippen molar-refractivity contribution in [2.24, 2.45) is 7.05 Å². The first-order valence-electron chi connectivity index (χ1n) is 5.80. The number of hydrogen-bond acceptors (Lipinski definition) is 5. The standard InChI is InChI=1S/C13H12N4O3/c1-8-4-5-12(11(6-8)17(18)19)20-13-10(7-14)9(2)15-16(13)3/h4-6H,1-3H3. The Morgan fingerprint density at radius 3 is 2.75 bits per heavy atom. The average molecular weight is 272 g/mol.